The summed E-state index contributed by atoms with van der Waals surface area (Å²) in [6.45, 7) is 4.14. The zero-order valence-corrected chi connectivity index (χ0v) is 18.8. The van der Waals surface area contributed by atoms with Gasteiger partial charge in [0.1, 0.15) is 17.3 Å². The molecule has 2 N–H and O–H groups in total. The Labute approximate surface area is 194 Å². The second-order valence-corrected chi connectivity index (χ2v) is 7.37. The third kappa shape index (κ3) is 4.80. The number of hydrogen-bond acceptors (Lipinski definition) is 6. The van der Waals surface area contributed by atoms with Gasteiger partial charge in [0.05, 0.1) is 29.5 Å². The average Bonchev–Trinajstić information content (AvgIpc) is 3.54. The van der Waals surface area contributed by atoms with Gasteiger partial charge in [-0.15, -0.1) is 0 Å². The Hall–Kier alpha value is -4.48. The minimum absolute atomic E-state index is 0.0325. The molecule has 3 aromatic heterocycles. The largest absolute Gasteiger partial charge is 0.471 e. The number of anilines is 2. The number of aryl methyl sites for hydroxylation is 2. The number of nitrogens with one attached hydrogen (secondary N) is 2. The number of hydrogen-bond donors (Lipinski definition) is 2. The van der Waals surface area contributed by atoms with Gasteiger partial charge in [-0.25, -0.2) is 9.07 Å². The first kappa shape index (κ1) is 22.7. The molecule has 0 bridgehead atoms. The van der Waals surface area contributed by atoms with Crippen molar-refractivity contribution in [2.45, 2.75) is 27.1 Å². The van der Waals surface area contributed by atoms with E-state index in [2.05, 4.69) is 25.9 Å². The van der Waals surface area contributed by atoms with Gasteiger partial charge < -0.3 is 15.4 Å². The van der Waals surface area contributed by atoms with Crippen LogP contribution >= 0.6 is 0 Å². The molecule has 4 aromatic rings. The van der Waals surface area contributed by atoms with Gasteiger partial charge >= 0.3 is 0 Å². The number of aromatic nitrogens is 6. The van der Waals surface area contributed by atoms with Gasteiger partial charge in [-0.05, 0) is 44.2 Å². The van der Waals surface area contributed by atoms with Crippen LogP contribution < -0.4 is 15.4 Å². The summed E-state index contributed by atoms with van der Waals surface area (Å²) >= 11 is 0. The molecule has 4 rings (SSSR count). The summed E-state index contributed by atoms with van der Waals surface area (Å²) in [5.41, 5.74) is 1.94. The smallest absolute Gasteiger partial charge is 0.276 e. The van der Waals surface area contributed by atoms with Crippen LogP contribution in [-0.4, -0.2) is 41.2 Å². The number of carbonyl (C=O) groups is 2. The highest BCUT2D eigenvalue weighted by Gasteiger charge is 2.22. The average molecular weight is 466 g/mol. The molecule has 0 fully saturated rings. The lowest BCUT2D eigenvalue weighted by molar-refractivity contribution is 0.101. The van der Waals surface area contributed by atoms with E-state index in [4.69, 9.17) is 4.74 Å². The van der Waals surface area contributed by atoms with Crippen LogP contribution in [0.25, 0.3) is 0 Å². The molecule has 2 amide bonds. The Kier molecular flexibility index (Phi) is 6.39. The molecule has 0 saturated carbocycles. The molecule has 0 atom stereocenters. The predicted octanol–water partition coefficient (Wildman–Crippen LogP) is 2.82. The topological polar surface area (TPSA) is 121 Å². The number of amides is 2. The van der Waals surface area contributed by atoms with Crippen molar-refractivity contribution in [1.29, 1.82) is 0 Å². The van der Waals surface area contributed by atoms with Crippen molar-refractivity contribution in [2.24, 2.45) is 7.05 Å². The zero-order valence-electron chi connectivity index (χ0n) is 18.8. The van der Waals surface area contributed by atoms with Gasteiger partial charge in [-0.1, -0.05) is 0 Å². The first-order valence-corrected chi connectivity index (χ1v) is 10.4. The molecular weight excluding hydrogens is 443 g/mol. The first-order valence-electron chi connectivity index (χ1n) is 10.4. The van der Waals surface area contributed by atoms with Crippen LogP contribution in [0.2, 0.25) is 0 Å². The third-order valence-electron chi connectivity index (χ3n) is 5.14. The van der Waals surface area contributed by atoms with Crippen LogP contribution in [-0.2, 0) is 20.3 Å². The summed E-state index contributed by atoms with van der Waals surface area (Å²) < 4.78 is 23.1. The van der Waals surface area contributed by atoms with Crippen molar-refractivity contribution >= 4 is 23.2 Å². The number of nitrogens with zero attached hydrogens (tertiary/aromatic N) is 6. The standard InChI is InChI=1S/C22H23FN8O3/c1-4-31-20(22(33)26-18-11-24-29(3)14(18)2)19(12-25-31)27-21(32)17-9-10-30(28-17)13-34-16-7-5-15(23)6-8-16/h5-12H,4,13H2,1-3H3,(H,26,33)(H,27,32). The fourth-order valence-corrected chi connectivity index (χ4v) is 3.17. The van der Waals surface area contributed by atoms with E-state index < -0.39 is 11.8 Å². The maximum atomic E-state index is 13.0. The van der Waals surface area contributed by atoms with Gasteiger partial charge in [-0.2, -0.15) is 15.3 Å². The molecule has 0 aliphatic carbocycles. The second-order valence-electron chi connectivity index (χ2n) is 7.37. The van der Waals surface area contributed by atoms with Gasteiger partial charge in [0, 0.05) is 19.8 Å². The van der Waals surface area contributed by atoms with E-state index in [1.54, 1.807) is 24.1 Å². The number of carbonyl (C=O) groups excluding carboxylic acids is 2. The normalized spacial score (nSPS) is 10.8. The highest BCUT2D eigenvalue weighted by molar-refractivity contribution is 6.11. The van der Waals surface area contributed by atoms with E-state index in [9.17, 15) is 14.0 Å². The lowest BCUT2D eigenvalue weighted by Gasteiger charge is -2.09. The van der Waals surface area contributed by atoms with E-state index in [0.29, 0.717) is 18.0 Å². The number of halogens is 1. The first-order chi connectivity index (χ1) is 16.4. The van der Waals surface area contributed by atoms with E-state index in [-0.39, 0.29) is 29.6 Å². The van der Waals surface area contributed by atoms with Crippen molar-refractivity contribution in [3.05, 3.63) is 71.8 Å². The highest BCUT2D eigenvalue weighted by atomic mass is 19.1. The van der Waals surface area contributed by atoms with Gasteiger partial charge in [0.25, 0.3) is 11.8 Å². The Morgan fingerprint density at radius 1 is 1.03 bits per heavy atom. The molecule has 176 valence electrons. The third-order valence-corrected chi connectivity index (χ3v) is 5.14. The van der Waals surface area contributed by atoms with Crippen molar-refractivity contribution in [2.75, 3.05) is 10.6 Å². The maximum Gasteiger partial charge on any atom is 0.276 e. The fourth-order valence-electron chi connectivity index (χ4n) is 3.17. The highest BCUT2D eigenvalue weighted by Crippen LogP contribution is 2.20. The van der Waals surface area contributed by atoms with Crippen LogP contribution in [0.5, 0.6) is 5.75 Å². The summed E-state index contributed by atoms with van der Waals surface area (Å²) in [5, 5.41) is 18.0. The Bertz CT molecular complexity index is 1320. The fraction of sp³-hybridized carbons (Fsp3) is 0.227. The summed E-state index contributed by atoms with van der Waals surface area (Å²) in [6, 6.07) is 7.09. The van der Waals surface area contributed by atoms with Crippen LogP contribution in [0.1, 0.15) is 33.6 Å². The van der Waals surface area contributed by atoms with Crippen LogP contribution in [0, 0.1) is 12.7 Å². The maximum absolute atomic E-state index is 13.0. The molecule has 1 aromatic carbocycles. The molecule has 34 heavy (non-hydrogen) atoms. The van der Waals surface area contributed by atoms with Crippen LogP contribution in [0.4, 0.5) is 15.8 Å². The number of benzene rings is 1. The summed E-state index contributed by atoms with van der Waals surface area (Å²) in [5.74, 6) is -0.832. The molecule has 3 heterocycles. The SMILES string of the molecule is CCn1ncc(NC(=O)c2ccn(COc3ccc(F)cc3)n2)c1C(=O)Nc1cnn(C)c1C. The van der Waals surface area contributed by atoms with Gasteiger partial charge in [0.15, 0.2) is 12.4 Å². The Balaban J connectivity index is 1.45. The number of rotatable bonds is 8. The molecule has 0 aliphatic rings. The molecule has 0 unspecified atom stereocenters. The van der Waals surface area contributed by atoms with Crippen molar-refractivity contribution in [1.82, 2.24) is 29.3 Å². The van der Waals surface area contributed by atoms with E-state index in [0.717, 1.165) is 5.69 Å². The second kappa shape index (κ2) is 9.57. The van der Waals surface area contributed by atoms with E-state index in [1.807, 2.05) is 13.8 Å². The van der Waals surface area contributed by atoms with Gasteiger partial charge in [-0.3, -0.25) is 19.0 Å². The summed E-state index contributed by atoms with van der Waals surface area (Å²) in [4.78, 5) is 25.8. The monoisotopic (exact) mass is 466 g/mol. The molecule has 12 heteroatoms. The van der Waals surface area contributed by atoms with E-state index >= 15 is 0 Å². The zero-order chi connectivity index (χ0) is 24.2. The lowest BCUT2D eigenvalue weighted by Crippen LogP contribution is -2.21. The molecule has 0 radical (unpaired) electrons. The molecular formula is C22H23FN8O3. The molecule has 0 saturated heterocycles. The quantitative estimate of drug-likeness (QED) is 0.412. The number of ether oxygens (including phenoxy) is 1. The van der Waals surface area contributed by atoms with Crippen LogP contribution in [0.3, 0.4) is 0 Å². The van der Waals surface area contributed by atoms with Crippen molar-refractivity contribution < 1.29 is 18.7 Å². The molecule has 11 nitrogen and oxygen atoms in total. The minimum atomic E-state index is -0.511. The van der Waals surface area contributed by atoms with Crippen molar-refractivity contribution in [3.63, 3.8) is 0 Å². The Morgan fingerprint density at radius 3 is 2.41 bits per heavy atom. The predicted molar refractivity (Wildman–Crippen MR) is 121 cm³/mol. The van der Waals surface area contributed by atoms with Crippen LogP contribution in [0.15, 0.2) is 48.9 Å². The minimum Gasteiger partial charge on any atom is -0.471 e. The van der Waals surface area contributed by atoms with Crippen molar-refractivity contribution in [3.8, 4) is 5.75 Å². The summed E-state index contributed by atoms with van der Waals surface area (Å²) in [7, 11) is 1.77. The molecule has 0 spiro atoms. The lowest BCUT2D eigenvalue weighted by atomic mass is 10.3. The van der Waals surface area contributed by atoms with E-state index in [1.165, 1.54) is 45.9 Å². The van der Waals surface area contributed by atoms with Gasteiger partial charge in [0.2, 0.25) is 0 Å². The Morgan fingerprint density at radius 2 is 1.74 bits per heavy atom. The summed E-state index contributed by atoms with van der Waals surface area (Å²) in [6.07, 6.45) is 4.55. The molecule has 0 aliphatic heterocycles.